The molecule has 0 aromatic heterocycles. The van der Waals surface area contributed by atoms with Gasteiger partial charge in [-0.05, 0) is 18.3 Å². The molecule has 0 rings (SSSR count). The van der Waals surface area contributed by atoms with Crippen molar-refractivity contribution in [3.63, 3.8) is 0 Å². The molecule has 0 saturated carbocycles. The van der Waals surface area contributed by atoms with E-state index < -0.39 is 9.84 Å². The summed E-state index contributed by atoms with van der Waals surface area (Å²) in [5.74, 6) is 0.882. The Bertz CT molecular complexity index is 237. The Balaban J connectivity index is 4.31. The second-order valence-electron chi connectivity index (χ2n) is 3.47. The zero-order valence-corrected chi connectivity index (χ0v) is 9.06. The smallest absolute Gasteiger partial charge is 0.168 e. The van der Waals surface area contributed by atoms with Crippen LogP contribution in [0, 0.1) is 11.8 Å². The Kier molecular flexibility index (Phi) is 4.53. The van der Waals surface area contributed by atoms with Crippen molar-refractivity contribution in [1.82, 2.24) is 0 Å². The molecule has 2 nitrogen and oxygen atoms in total. The Morgan fingerprint density at radius 1 is 1.33 bits per heavy atom. The highest BCUT2D eigenvalue weighted by Gasteiger charge is 2.07. The molecule has 0 N–H and O–H groups in total. The minimum absolute atomic E-state index is 0.375. The van der Waals surface area contributed by atoms with E-state index in [4.69, 9.17) is 0 Å². The molecule has 1 atom stereocenters. The summed E-state index contributed by atoms with van der Waals surface area (Å²) >= 11 is 0. The molecule has 0 aliphatic carbocycles. The number of rotatable bonds is 4. The average molecular weight is 190 g/mol. The first-order chi connectivity index (χ1) is 5.37. The van der Waals surface area contributed by atoms with E-state index in [0.717, 1.165) is 6.42 Å². The minimum Gasteiger partial charge on any atom is -0.225 e. The SMILES string of the molecule is CC[C@@H](/C=C/S(C)(=O)=O)C(C)C. The average Bonchev–Trinajstić information content (AvgIpc) is 1.85. The lowest BCUT2D eigenvalue weighted by molar-refractivity contribution is 0.453. The van der Waals surface area contributed by atoms with Crippen molar-refractivity contribution in [3.05, 3.63) is 11.5 Å². The highest BCUT2D eigenvalue weighted by molar-refractivity contribution is 7.93. The second-order valence-corrected chi connectivity index (χ2v) is 5.41. The number of allylic oxidation sites excluding steroid dienone is 1. The van der Waals surface area contributed by atoms with Gasteiger partial charge < -0.3 is 0 Å². The van der Waals surface area contributed by atoms with Gasteiger partial charge in [-0.15, -0.1) is 0 Å². The van der Waals surface area contributed by atoms with Gasteiger partial charge in [-0.3, -0.25) is 0 Å². The lowest BCUT2D eigenvalue weighted by atomic mass is 9.94. The van der Waals surface area contributed by atoms with Crippen LogP contribution in [0.25, 0.3) is 0 Å². The lowest BCUT2D eigenvalue weighted by Crippen LogP contribution is -2.04. The molecule has 3 heteroatoms. The topological polar surface area (TPSA) is 34.1 Å². The lowest BCUT2D eigenvalue weighted by Gasteiger charge is -2.13. The molecule has 0 aromatic carbocycles. The van der Waals surface area contributed by atoms with E-state index in [1.807, 2.05) is 0 Å². The predicted octanol–water partition coefficient (Wildman–Crippen LogP) is 2.23. The van der Waals surface area contributed by atoms with E-state index in [-0.39, 0.29) is 0 Å². The molecule has 12 heavy (non-hydrogen) atoms. The molecule has 0 heterocycles. The van der Waals surface area contributed by atoms with Gasteiger partial charge in [0.1, 0.15) is 0 Å². The van der Waals surface area contributed by atoms with Gasteiger partial charge in [0.25, 0.3) is 0 Å². The van der Waals surface area contributed by atoms with E-state index in [0.29, 0.717) is 11.8 Å². The zero-order valence-electron chi connectivity index (χ0n) is 8.24. The van der Waals surface area contributed by atoms with E-state index in [1.54, 1.807) is 6.08 Å². The van der Waals surface area contributed by atoms with Crippen LogP contribution in [0.5, 0.6) is 0 Å². The predicted molar refractivity (Wildman–Crippen MR) is 52.6 cm³/mol. The molecule has 0 saturated heterocycles. The summed E-state index contributed by atoms with van der Waals surface area (Å²) in [7, 11) is -2.94. The molecule has 0 unspecified atom stereocenters. The maximum Gasteiger partial charge on any atom is 0.168 e. The summed E-state index contributed by atoms with van der Waals surface area (Å²) < 4.78 is 21.6. The third kappa shape index (κ3) is 5.35. The molecule has 0 fully saturated rings. The quantitative estimate of drug-likeness (QED) is 0.681. The van der Waals surface area contributed by atoms with Crippen LogP contribution in [-0.2, 0) is 9.84 Å². The molecule has 0 amide bonds. The van der Waals surface area contributed by atoms with Crippen LogP contribution in [0.4, 0.5) is 0 Å². The summed E-state index contributed by atoms with van der Waals surface area (Å²) in [6, 6.07) is 0. The standard InChI is InChI=1S/C9H18O2S/c1-5-9(8(2)3)6-7-12(4,10)11/h6-9H,5H2,1-4H3/b7-6+/t9-/m0/s1. The fourth-order valence-electron chi connectivity index (χ4n) is 1.07. The van der Waals surface area contributed by atoms with Crippen molar-refractivity contribution in [3.8, 4) is 0 Å². The Hall–Kier alpha value is -0.310. The number of hydrogen-bond acceptors (Lipinski definition) is 2. The van der Waals surface area contributed by atoms with Crippen molar-refractivity contribution in [2.75, 3.05) is 6.26 Å². The van der Waals surface area contributed by atoms with Crippen LogP contribution in [0.15, 0.2) is 11.5 Å². The first-order valence-electron chi connectivity index (χ1n) is 4.25. The van der Waals surface area contributed by atoms with Gasteiger partial charge in [0, 0.05) is 11.7 Å². The number of hydrogen-bond donors (Lipinski definition) is 0. The van der Waals surface area contributed by atoms with Crippen LogP contribution >= 0.6 is 0 Å². The Morgan fingerprint density at radius 3 is 2.08 bits per heavy atom. The Morgan fingerprint density at radius 2 is 1.83 bits per heavy atom. The molecular weight excluding hydrogens is 172 g/mol. The molecule has 0 bridgehead atoms. The van der Waals surface area contributed by atoms with Crippen LogP contribution in [0.1, 0.15) is 27.2 Å². The molecule has 0 aromatic rings. The minimum atomic E-state index is -2.94. The summed E-state index contributed by atoms with van der Waals surface area (Å²) in [6.45, 7) is 6.26. The van der Waals surface area contributed by atoms with E-state index in [2.05, 4.69) is 20.8 Å². The van der Waals surface area contributed by atoms with Crippen LogP contribution in [0.3, 0.4) is 0 Å². The summed E-state index contributed by atoms with van der Waals surface area (Å²) in [5, 5.41) is 1.31. The van der Waals surface area contributed by atoms with Gasteiger partial charge in [-0.2, -0.15) is 0 Å². The monoisotopic (exact) mass is 190 g/mol. The summed E-state index contributed by atoms with van der Waals surface area (Å²) in [5.41, 5.74) is 0. The van der Waals surface area contributed by atoms with Crippen LogP contribution in [-0.4, -0.2) is 14.7 Å². The van der Waals surface area contributed by atoms with E-state index in [9.17, 15) is 8.42 Å². The molecule has 0 aliphatic rings. The largest absolute Gasteiger partial charge is 0.225 e. The first kappa shape index (κ1) is 11.7. The summed E-state index contributed by atoms with van der Waals surface area (Å²) in [6.07, 6.45) is 4.00. The third-order valence-corrected chi connectivity index (χ3v) is 2.55. The highest BCUT2D eigenvalue weighted by Crippen LogP contribution is 2.16. The van der Waals surface area contributed by atoms with Crippen LogP contribution < -0.4 is 0 Å². The maximum absolute atomic E-state index is 10.8. The van der Waals surface area contributed by atoms with Gasteiger partial charge in [0.05, 0.1) is 0 Å². The van der Waals surface area contributed by atoms with Gasteiger partial charge in [-0.25, -0.2) is 8.42 Å². The fourth-order valence-corrected chi connectivity index (χ4v) is 1.56. The molecule has 72 valence electrons. The van der Waals surface area contributed by atoms with Crippen LogP contribution in [0.2, 0.25) is 0 Å². The van der Waals surface area contributed by atoms with Crippen molar-refractivity contribution >= 4 is 9.84 Å². The van der Waals surface area contributed by atoms with Crippen molar-refractivity contribution in [2.24, 2.45) is 11.8 Å². The molecular formula is C9H18O2S. The van der Waals surface area contributed by atoms with Gasteiger partial charge >= 0.3 is 0 Å². The first-order valence-corrected chi connectivity index (χ1v) is 6.20. The molecule has 0 aliphatic heterocycles. The number of sulfone groups is 1. The van der Waals surface area contributed by atoms with Crippen molar-refractivity contribution < 1.29 is 8.42 Å². The highest BCUT2D eigenvalue weighted by atomic mass is 32.2. The van der Waals surface area contributed by atoms with Crippen molar-refractivity contribution in [1.29, 1.82) is 0 Å². The third-order valence-electron chi connectivity index (χ3n) is 1.90. The second kappa shape index (κ2) is 4.65. The normalized spacial score (nSPS) is 15.8. The Labute approximate surface area is 75.6 Å². The van der Waals surface area contributed by atoms with E-state index >= 15 is 0 Å². The van der Waals surface area contributed by atoms with E-state index in [1.165, 1.54) is 11.7 Å². The maximum atomic E-state index is 10.8. The van der Waals surface area contributed by atoms with Gasteiger partial charge in [0.15, 0.2) is 9.84 Å². The van der Waals surface area contributed by atoms with Crippen molar-refractivity contribution in [2.45, 2.75) is 27.2 Å². The molecule has 0 radical (unpaired) electrons. The fraction of sp³-hybridized carbons (Fsp3) is 0.778. The molecule has 0 spiro atoms. The van der Waals surface area contributed by atoms with Gasteiger partial charge in [0.2, 0.25) is 0 Å². The zero-order chi connectivity index (χ0) is 9.78. The van der Waals surface area contributed by atoms with Gasteiger partial charge in [-0.1, -0.05) is 26.8 Å². The summed E-state index contributed by atoms with van der Waals surface area (Å²) in [4.78, 5) is 0.